The van der Waals surface area contributed by atoms with Gasteiger partial charge in [-0.15, -0.1) is 0 Å². The van der Waals surface area contributed by atoms with Crippen LogP contribution in [0.5, 0.6) is 0 Å². The maximum atomic E-state index is 4.15. The Balaban J connectivity index is 1.79. The molecule has 0 spiro atoms. The third-order valence-corrected chi connectivity index (χ3v) is 10.6. The lowest BCUT2D eigenvalue weighted by Gasteiger charge is -2.34. The van der Waals surface area contributed by atoms with Gasteiger partial charge in [-0.25, -0.2) is 0 Å². The molecule has 0 aliphatic carbocycles. The van der Waals surface area contributed by atoms with Crippen LogP contribution in [0.4, 0.5) is 0 Å². The van der Waals surface area contributed by atoms with Crippen molar-refractivity contribution >= 4 is 23.6 Å². The molecule has 1 aromatic heterocycles. The van der Waals surface area contributed by atoms with Crippen LogP contribution < -0.4 is 15.6 Å². The molecule has 0 aliphatic heterocycles. The van der Waals surface area contributed by atoms with Gasteiger partial charge in [0, 0.05) is 12.4 Å². The van der Waals surface area contributed by atoms with Crippen molar-refractivity contribution < 1.29 is 0 Å². The number of rotatable bonds is 7. The quantitative estimate of drug-likeness (QED) is 0.347. The van der Waals surface area contributed by atoms with E-state index < -0.39 is 8.07 Å². The van der Waals surface area contributed by atoms with Crippen LogP contribution in [-0.4, -0.2) is 13.1 Å². The number of aryl methyl sites for hydroxylation is 1. The maximum Gasteiger partial charge on any atom is 0.148 e. The Morgan fingerprint density at radius 2 is 0.964 bits per heavy atom. The van der Waals surface area contributed by atoms with Gasteiger partial charge >= 0.3 is 0 Å². The van der Waals surface area contributed by atoms with Gasteiger partial charge in [-0.05, 0) is 45.7 Å². The second kappa shape index (κ2) is 8.81. The van der Waals surface area contributed by atoms with Crippen LogP contribution in [0.2, 0.25) is 6.04 Å². The SMILES string of the molecule is c1ccc([Si](CCCc2ccncc2)(c2ccccc2)c2ccccc2)cc1. The Labute approximate surface area is 168 Å². The van der Waals surface area contributed by atoms with Gasteiger partial charge in [0.2, 0.25) is 0 Å². The molecule has 2 heteroatoms. The summed E-state index contributed by atoms with van der Waals surface area (Å²) in [5.41, 5.74) is 1.37. The average Bonchev–Trinajstić information content (AvgIpc) is 2.79. The molecule has 4 aromatic rings. The molecule has 0 unspecified atom stereocenters. The van der Waals surface area contributed by atoms with E-state index in [1.165, 1.54) is 27.2 Å². The summed E-state index contributed by atoms with van der Waals surface area (Å²) in [6, 6.07) is 38.9. The third-order valence-electron chi connectivity index (χ3n) is 5.57. The Hall–Kier alpha value is -2.97. The van der Waals surface area contributed by atoms with E-state index in [2.05, 4.69) is 108 Å². The number of aromatic nitrogens is 1. The van der Waals surface area contributed by atoms with Crippen LogP contribution >= 0.6 is 0 Å². The fourth-order valence-electron chi connectivity index (χ4n) is 4.21. The summed E-state index contributed by atoms with van der Waals surface area (Å²) in [4.78, 5) is 4.15. The molecule has 138 valence electrons. The molecule has 0 atom stereocenters. The van der Waals surface area contributed by atoms with E-state index in [1.807, 2.05) is 12.4 Å². The molecular weight excluding hydrogens is 354 g/mol. The summed E-state index contributed by atoms with van der Waals surface area (Å²) in [5, 5.41) is 4.46. The zero-order chi connectivity index (χ0) is 19.1. The second-order valence-electron chi connectivity index (χ2n) is 7.21. The van der Waals surface area contributed by atoms with Gasteiger partial charge in [-0.3, -0.25) is 4.98 Å². The van der Waals surface area contributed by atoms with E-state index in [0.717, 1.165) is 12.8 Å². The predicted molar refractivity (Wildman–Crippen MR) is 121 cm³/mol. The molecule has 28 heavy (non-hydrogen) atoms. The van der Waals surface area contributed by atoms with Crippen molar-refractivity contribution in [2.45, 2.75) is 18.9 Å². The van der Waals surface area contributed by atoms with E-state index in [0.29, 0.717) is 0 Å². The monoisotopic (exact) mass is 379 g/mol. The summed E-state index contributed by atoms with van der Waals surface area (Å²) < 4.78 is 0. The molecule has 0 fully saturated rings. The minimum Gasteiger partial charge on any atom is -0.265 e. The molecule has 0 amide bonds. The van der Waals surface area contributed by atoms with E-state index in [4.69, 9.17) is 0 Å². The fourth-order valence-corrected chi connectivity index (χ4v) is 9.07. The zero-order valence-electron chi connectivity index (χ0n) is 16.0. The van der Waals surface area contributed by atoms with Gasteiger partial charge in [-0.2, -0.15) is 0 Å². The van der Waals surface area contributed by atoms with E-state index in [1.54, 1.807) is 0 Å². The van der Waals surface area contributed by atoms with Gasteiger partial charge in [0.1, 0.15) is 8.07 Å². The molecule has 1 nitrogen and oxygen atoms in total. The second-order valence-corrected chi connectivity index (χ2v) is 11.3. The van der Waals surface area contributed by atoms with Crippen molar-refractivity contribution in [3.63, 3.8) is 0 Å². The summed E-state index contributed by atoms with van der Waals surface area (Å²) >= 11 is 0. The Morgan fingerprint density at radius 3 is 1.39 bits per heavy atom. The van der Waals surface area contributed by atoms with Crippen LogP contribution in [0.1, 0.15) is 12.0 Å². The molecule has 0 radical (unpaired) electrons. The number of nitrogens with zero attached hydrogens (tertiary/aromatic N) is 1. The summed E-state index contributed by atoms with van der Waals surface area (Å²) in [5.74, 6) is 0. The van der Waals surface area contributed by atoms with Gasteiger partial charge in [0.15, 0.2) is 0 Å². The van der Waals surface area contributed by atoms with E-state index in [-0.39, 0.29) is 0 Å². The Morgan fingerprint density at radius 1 is 0.536 bits per heavy atom. The first-order chi connectivity index (χ1) is 13.9. The third kappa shape index (κ3) is 3.83. The van der Waals surface area contributed by atoms with Crippen LogP contribution in [0.25, 0.3) is 0 Å². The standard InChI is InChI=1S/C26H25NSi/c1-4-12-24(13-5-1)28(25-14-6-2-7-15-25,26-16-8-3-9-17-26)22-10-11-23-18-20-27-21-19-23/h1-9,12-21H,10-11,22H2. The van der Waals surface area contributed by atoms with Crippen LogP contribution in [0.15, 0.2) is 116 Å². The van der Waals surface area contributed by atoms with Crippen molar-refractivity contribution in [3.8, 4) is 0 Å². The molecule has 3 aromatic carbocycles. The summed E-state index contributed by atoms with van der Waals surface area (Å²) in [6.45, 7) is 0. The summed E-state index contributed by atoms with van der Waals surface area (Å²) in [7, 11) is -2.09. The Kier molecular flexibility index (Phi) is 5.79. The normalized spacial score (nSPS) is 11.3. The molecule has 0 N–H and O–H groups in total. The van der Waals surface area contributed by atoms with Crippen molar-refractivity contribution in [2.75, 3.05) is 0 Å². The zero-order valence-corrected chi connectivity index (χ0v) is 17.0. The first-order valence-corrected chi connectivity index (χ1v) is 12.2. The molecule has 0 saturated carbocycles. The first kappa shape index (κ1) is 18.4. The maximum absolute atomic E-state index is 4.15. The molecule has 1 heterocycles. The smallest absolute Gasteiger partial charge is 0.148 e. The average molecular weight is 380 g/mol. The van der Waals surface area contributed by atoms with Crippen molar-refractivity contribution in [1.29, 1.82) is 0 Å². The minimum absolute atomic E-state index is 1.09. The topological polar surface area (TPSA) is 12.9 Å². The molecule has 0 saturated heterocycles. The molecular formula is C26H25NSi. The number of hydrogen-bond donors (Lipinski definition) is 0. The highest BCUT2D eigenvalue weighted by Crippen LogP contribution is 2.17. The highest BCUT2D eigenvalue weighted by atomic mass is 28.3. The molecule has 4 rings (SSSR count). The van der Waals surface area contributed by atoms with Gasteiger partial charge in [0.05, 0.1) is 0 Å². The number of benzene rings is 3. The molecule has 0 aliphatic rings. The molecule has 0 bridgehead atoms. The number of hydrogen-bond acceptors (Lipinski definition) is 1. The van der Waals surface area contributed by atoms with Gasteiger partial charge < -0.3 is 0 Å². The minimum atomic E-state index is -2.09. The highest BCUT2D eigenvalue weighted by Gasteiger charge is 2.38. The van der Waals surface area contributed by atoms with Gasteiger partial charge in [0.25, 0.3) is 0 Å². The highest BCUT2D eigenvalue weighted by molar-refractivity contribution is 7.11. The Bertz CT molecular complexity index is 873. The van der Waals surface area contributed by atoms with Crippen molar-refractivity contribution in [2.24, 2.45) is 0 Å². The lowest BCUT2D eigenvalue weighted by molar-refractivity contribution is 0.905. The van der Waals surface area contributed by atoms with E-state index in [9.17, 15) is 0 Å². The lowest BCUT2D eigenvalue weighted by atomic mass is 10.2. The van der Waals surface area contributed by atoms with Crippen LogP contribution in [-0.2, 0) is 6.42 Å². The lowest BCUT2D eigenvalue weighted by Crippen LogP contribution is -2.66. The largest absolute Gasteiger partial charge is 0.265 e. The van der Waals surface area contributed by atoms with Gasteiger partial charge in [-0.1, -0.05) is 97.4 Å². The van der Waals surface area contributed by atoms with Crippen molar-refractivity contribution in [3.05, 3.63) is 121 Å². The predicted octanol–water partition coefficient (Wildman–Crippen LogP) is 4.18. The fraction of sp³-hybridized carbons (Fsp3) is 0.115. The first-order valence-electron chi connectivity index (χ1n) is 9.95. The summed E-state index contributed by atoms with van der Waals surface area (Å²) in [6.07, 6.45) is 6.04. The van der Waals surface area contributed by atoms with E-state index >= 15 is 0 Å². The van der Waals surface area contributed by atoms with Crippen LogP contribution in [0.3, 0.4) is 0 Å². The number of pyridine rings is 1. The van der Waals surface area contributed by atoms with Crippen LogP contribution in [0, 0.1) is 0 Å². The van der Waals surface area contributed by atoms with Crippen molar-refractivity contribution in [1.82, 2.24) is 4.98 Å².